The van der Waals surface area contributed by atoms with Gasteiger partial charge in [0, 0.05) is 17.6 Å². The van der Waals surface area contributed by atoms with E-state index in [9.17, 15) is 4.79 Å². The Balaban J connectivity index is 1.79. The van der Waals surface area contributed by atoms with Crippen molar-refractivity contribution in [2.24, 2.45) is 0 Å². The third kappa shape index (κ3) is 3.95. The van der Waals surface area contributed by atoms with Crippen molar-refractivity contribution in [1.29, 1.82) is 0 Å². The molecule has 0 aliphatic carbocycles. The SMILES string of the molecule is CCC(C)(C)NC(=O)C(C)NC1CCN2CCCC2C1. The Morgan fingerprint density at radius 1 is 1.35 bits per heavy atom. The van der Waals surface area contributed by atoms with Crippen LogP contribution < -0.4 is 10.6 Å². The van der Waals surface area contributed by atoms with E-state index < -0.39 is 0 Å². The number of hydrogen-bond acceptors (Lipinski definition) is 3. The maximum atomic E-state index is 12.2. The highest BCUT2D eigenvalue weighted by Gasteiger charge is 2.33. The summed E-state index contributed by atoms with van der Waals surface area (Å²) in [6.45, 7) is 10.7. The zero-order chi connectivity index (χ0) is 14.8. The molecule has 4 nitrogen and oxygen atoms in total. The summed E-state index contributed by atoms with van der Waals surface area (Å²) >= 11 is 0. The summed E-state index contributed by atoms with van der Waals surface area (Å²) in [5.41, 5.74) is -0.109. The van der Waals surface area contributed by atoms with Gasteiger partial charge in [-0.3, -0.25) is 4.79 Å². The minimum atomic E-state index is -0.109. The number of nitrogens with zero attached hydrogens (tertiary/aromatic N) is 1. The van der Waals surface area contributed by atoms with Gasteiger partial charge in [0.1, 0.15) is 0 Å². The van der Waals surface area contributed by atoms with Gasteiger partial charge in [0.15, 0.2) is 0 Å². The summed E-state index contributed by atoms with van der Waals surface area (Å²) in [6.07, 6.45) is 6.01. The first-order chi connectivity index (χ1) is 9.41. The van der Waals surface area contributed by atoms with Crippen LogP contribution in [0.5, 0.6) is 0 Å². The summed E-state index contributed by atoms with van der Waals surface area (Å²) in [4.78, 5) is 14.8. The molecule has 2 saturated heterocycles. The first-order valence-corrected chi connectivity index (χ1v) is 8.23. The largest absolute Gasteiger partial charge is 0.350 e. The Bertz CT molecular complexity index is 343. The minimum absolute atomic E-state index is 0.0984. The van der Waals surface area contributed by atoms with Gasteiger partial charge in [0.2, 0.25) is 5.91 Å². The molecule has 20 heavy (non-hydrogen) atoms. The molecule has 2 aliphatic heterocycles. The Morgan fingerprint density at radius 2 is 2.10 bits per heavy atom. The van der Waals surface area contributed by atoms with Crippen molar-refractivity contribution in [1.82, 2.24) is 15.5 Å². The fourth-order valence-corrected chi connectivity index (χ4v) is 3.34. The van der Waals surface area contributed by atoms with E-state index in [1.165, 1.54) is 38.8 Å². The van der Waals surface area contributed by atoms with Crippen LogP contribution in [0.1, 0.15) is 59.8 Å². The average Bonchev–Trinajstić information content (AvgIpc) is 2.85. The Labute approximate surface area is 123 Å². The Hall–Kier alpha value is -0.610. The first-order valence-electron chi connectivity index (χ1n) is 8.23. The van der Waals surface area contributed by atoms with Crippen molar-refractivity contribution >= 4 is 5.91 Å². The number of rotatable bonds is 5. The van der Waals surface area contributed by atoms with Gasteiger partial charge in [-0.05, 0) is 66.0 Å². The van der Waals surface area contributed by atoms with Gasteiger partial charge in [-0.2, -0.15) is 0 Å². The fraction of sp³-hybridized carbons (Fsp3) is 0.938. The molecule has 0 aromatic heterocycles. The molecule has 2 heterocycles. The number of amides is 1. The predicted molar refractivity (Wildman–Crippen MR) is 82.7 cm³/mol. The highest BCUT2D eigenvalue weighted by atomic mass is 16.2. The van der Waals surface area contributed by atoms with Crippen LogP contribution in [0.2, 0.25) is 0 Å². The molecule has 2 fully saturated rings. The molecule has 2 aliphatic rings. The van der Waals surface area contributed by atoms with E-state index in [1.54, 1.807) is 0 Å². The maximum Gasteiger partial charge on any atom is 0.237 e. The van der Waals surface area contributed by atoms with Crippen molar-refractivity contribution in [3.63, 3.8) is 0 Å². The molecule has 0 aromatic carbocycles. The summed E-state index contributed by atoms with van der Waals surface area (Å²) in [6, 6.07) is 1.15. The maximum absolute atomic E-state index is 12.2. The number of piperidine rings is 1. The zero-order valence-corrected chi connectivity index (χ0v) is 13.5. The molecule has 4 heteroatoms. The monoisotopic (exact) mass is 281 g/mol. The molecule has 116 valence electrons. The fourth-order valence-electron chi connectivity index (χ4n) is 3.34. The predicted octanol–water partition coefficient (Wildman–Crippen LogP) is 1.90. The zero-order valence-electron chi connectivity index (χ0n) is 13.5. The van der Waals surface area contributed by atoms with E-state index in [-0.39, 0.29) is 17.5 Å². The summed E-state index contributed by atoms with van der Waals surface area (Å²) in [5.74, 6) is 0.130. The molecule has 0 bridgehead atoms. The molecule has 3 unspecified atom stereocenters. The topological polar surface area (TPSA) is 44.4 Å². The van der Waals surface area contributed by atoms with E-state index in [1.807, 2.05) is 6.92 Å². The van der Waals surface area contributed by atoms with Gasteiger partial charge < -0.3 is 15.5 Å². The lowest BCUT2D eigenvalue weighted by atomic mass is 9.96. The third-order valence-corrected chi connectivity index (χ3v) is 5.04. The lowest BCUT2D eigenvalue weighted by Crippen LogP contribution is -2.55. The van der Waals surface area contributed by atoms with Crippen LogP contribution in [-0.2, 0) is 4.79 Å². The number of fused-ring (bicyclic) bond motifs is 1. The Morgan fingerprint density at radius 3 is 2.80 bits per heavy atom. The van der Waals surface area contributed by atoms with Crippen LogP contribution in [0.15, 0.2) is 0 Å². The van der Waals surface area contributed by atoms with Gasteiger partial charge in [0.05, 0.1) is 6.04 Å². The molecule has 0 aromatic rings. The van der Waals surface area contributed by atoms with E-state index in [4.69, 9.17) is 0 Å². The van der Waals surface area contributed by atoms with Gasteiger partial charge in [-0.1, -0.05) is 6.92 Å². The smallest absolute Gasteiger partial charge is 0.237 e. The van der Waals surface area contributed by atoms with Gasteiger partial charge in [0.25, 0.3) is 0 Å². The van der Waals surface area contributed by atoms with Crippen molar-refractivity contribution in [3.05, 3.63) is 0 Å². The standard InChI is InChI=1S/C16H31N3O/c1-5-16(3,4)18-15(20)12(2)17-13-8-10-19-9-6-7-14(19)11-13/h12-14,17H,5-11H2,1-4H3,(H,18,20). The minimum Gasteiger partial charge on any atom is -0.350 e. The third-order valence-electron chi connectivity index (χ3n) is 5.04. The number of nitrogens with one attached hydrogen (secondary N) is 2. The van der Waals surface area contributed by atoms with Crippen molar-refractivity contribution < 1.29 is 4.79 Å². The van der Waals surface area contributed by atoms with E-state index in [2.05, 4.69) is 36.3 Å². The van der Waals surface area contributed by atoms with E-state index in [0.29, 0.717) is 6.04 Å². The summed E-state index contributed by atoms with van der Waals surface area (Å²) in [5, 5.41) is 6.67. The molecule has 3 atom stereocenters. The molecule has 0 saturated carbocycles. The number of hydrogen-bond donors (Lipinski definition) is 2. The highest BCUT2D eigenvalue weighted by molar-refractivity contribution is 5.82. The lowest BCUT2D eigenvalue weighted by molar-refractivity contribution is -0.124. The van der Waals surface area contributed by atoms with Crippen molar-refractivity contribution in [3.8, 4) is 0 Å². The molecule has 1 amide bonds. The van der Waals surface area contributed by atoms with Crippen LogP contribution in [0, 0.1) is 0 Å². The van der Waals surface area contributed by atoms with Crippen LogP contribution in [0.4, 0.5) is 0 Å². The van der Waals surface area contributed by atoms with Crippen LogP contribution in [-0.4, -0.2) is 47.6 Å². The van der Waals surface area contributed by atoms with E-state index >= 15 is 0 Å². The lowest BCUT2D eigenvalue weighted by Gasteiger charge is -2.36. The second-order valence-corrected chi connectivity index (χ2v) is 7.17. The van der Waals surface area contributed by atoms with Crippen LogP contribution in [0.25, 0.3) is 0 Å². The molecule has 2 N–H and O–H groups in total. The van der Waals surface area contributed by atoms with Gasteiger partial charge in [-0.25, -0.2) is 0 Å². The summed E-state index contributed by atoms with van der Waals surface area (Å²) < 4.78 is 0. The molecule has 0 spiro atoms. The van der Waals surface area contributed by atoms with Crippen LogP contribution >= 0.6 is 0 Å². The second kappa shape index (κ2) is 6.44. The number of carbonyl (C=O) groups excluding carboxylic acids is 1. The Kier molecular flexibility index (Phi) is 5.08. The molecular formula is C16H31N3O. The number of carbonyl (C=O) groups is 1. The van der Waals surface area contributed by atoms with Crippen molar-refractivity contribution in [2.45, 2.75) is 83.5 Å². The molecule has 2 rings (SSSR count). The highest BCUT2D eigenvalue weighted by Crippen LogP contribution is 2.27. The molecule has 0 radical (unpaired) electrons. The van der Waals surface area contributed by atoms with Crippen LogP contribution in [0.3, 0.4) is 0 Å². The average molecular weight is 281 g/mol. The molecular weight excluding hydrogens is 250 g/mol. The summed E-state index contributed by atoms with van der Waals surface area (Å²) in [7, 11) is 0. The normalized spacial score (nSPS) is 29.0. The van der Waals surface area contributed by atoms with E-state index in [0.717, 1.165) is 12.5 Å². The quantitative estimate of drug-likeness (QED) is 0.809. The van der Waals surface area contributed by atoms with Crippen molar-refractivity contribution in [2.75, 3.05) is 13.1 Å². The second-order valence-electron chi connectivity index (χ2n) is 7.17. The van der Waals surface area contributed by atoms with Gasteiger partial charge >= 0.3 is 0 Å². The van der Waals surface area contributed by atoms with Gasteiger partial charge in [-0.15, -0.1) is 0 Å². The first kappa shape index (κ1) is 15.8.